The summed E-state index contributed by atoms with van der Waals surface area (Å²) in [5, 5.41) is 12.3. The van der Waals surface area contributed by atoms with Crippen LogP contribution in [0.4, 0.5) is 18.0 Å². The summed E-state index contributed by atoms with van der Waals surface area (Å²) >= 11 is 0. The van der Waals surface area contributed by atoms with Gasteiger partial charge < -0.3 is 20.1 Å². The lowest BCUT2D eigenvalue weighted by molar-refractivity contribution is -0.271. The lowest BCUT2D eigenvalue weighted by Crippen LogP contribution is -2.55. The number of piperidine rings is 1. The van der Waals surface area contributed by atoms with Crippen LogP contribution in [0, 0.1) is 0 Å². The van der Waals surface area contributed by atoms with E-state index in [1.54, 1.807) is 7.11 Å². The van der Waals surface area contributed by atoms with E-state index < -0.39 is 30.7 Å². The van der Waals surface area contributed by atoms with Crippen LogP contribution in [0.1, 0.15) is 18.4 Å². The van der Waals surface area contributed by atoms with Crippen LogP contribution in [0.25, 0.3) is 0 Å². The highest BCUT2D eigenvalue weighted by Crippen LogP contribution is 2.38. The zero-order chi connectivity index (χ0) is 17.8. The molecule has 24 heavy (non-hydrogen) atoms. The van der Waals surface area contributed by atoms with Crippen LogP contribution in [-0.4, -0.2) is 54.6 Å². The van der Waals surface area contributed by atoms with Gasteiger partial charge in [0.1, 0.15) is 5.75 Å². The highest BCUT2D eigenvalue weighted by atomic mass is 19.4. The number of nitrogens with one attached hydrogen (secondary N) is 1. The van der Waals surface area contributed by atoms with Crippen molar-refractivity contribution in [3.8, 4) is 5.75 Å². The number of aliphatic hydroxyl groups is 1. The normalized spacial score (nSPS) is 17.5. The number of ether oxygens (including phenoxy) is 1. The molecule has 1 heterocycles. The number of alkyl halides is 3. The molecule has 1 aromatic carbocycles. The SMILES string of the molecule is COc1cccc(CCNC(=O)N2CCC(O)(C(F)(F)F)CC2)c1. The van der Waals surface area contributed by atoms with Gasteiger partial charge in [-0.1, -0.05) is 12.1 Å². The molecule has 1 fully saturated rings. The third-order valence-electron chi connectivity index (χ3n) is 4.23. The average molecular weight is 346 g/mol. The maximum Gasteiger partial charge on any atom is 0.417 e. The Hall–Kier alpha value is -1.96. The van der Waals surface area contributed by atoms with Gasteiger partial charge in [-0.2, -0.15) is 13.2 Å². The quantitative estimate of drug-likeness (QED) is 0.880. The molecule has 0 bridgehead atoms. The molecule has 0 saturated carbocycles. The van der Waals surface area contributed by atoms with Crippen LogP contribution in [0.3, 0.4) is 0 Å². The third-order valence-corrected chi connectivity index (χ3v) is 4.23. The first-order valence-electron chi connectivity index (χ1n) is 7.70. The van der Waals surface area contributed by atoms with Crippen LogP contribution in [0.2, 0.25) is 0 Å². The number of amides is 2. The second-order valence-corrected chi connectivity index (χ2v) is 5.85. The highest BCUT2D eigenvalue weighted by molar-refractivity contribution is 5.74. The molecule has 0 spiro atoms. The van der Waals surface area contributed by atoms with E-state index in [1.165, 1.54) is 4.90 Å². The second-order valence-electron chi connectivity index (χ2n) is 5.85. The summed E-state index contributed by atoms with van der Waals surface area (Å²) in [5.41, 5.74) is -1.70. The minimum Gasteiger partial charge on any atom is -0.497 e. The molecule has 2 rings (SSSR count). The van der Waals surface area contributed by atoms with E-state index in [1.807, 2.05) is 24.3 Å². The van der Waals surface area contributed by atoms with Crippen molar-refractivity contribution in [3.05, 3.63) is 29.8 Å². The maximum absolute atomic E-state index is 12.7. The fraction of sp³-hybridized carbons (Fsp3) is 0.562. The van der Waals surface area contributed by atoms with E-state index in [0.29, 0.717) is 13.0 Å². The van der Waals surface area contributed by atoms with Crippen molar-refractivity contribution in [2.45, 2.75) is 31.0 Å². The third kappa shape index (κ3) is 4.31. The van der Waals surface area contributed by atoms with Crippen LogP contribution >= 0.6 is 0 Å². The van der Waals surface area contributed by atoms with Gasteiger partial charge in [-0.05, 0) is 24.1 Å². The van der Waals surface area contributed by atoms with Gasteiger partial charge in [0, 0.05) is 32.5 Å². The molecule has 0 unspecified atom stereocenters. The Labute approximate surface area is 138 Å². The molecule has 134 valence electrons. The number of likely N-dealkylation sites (tertiary alicyclic amines) is 1. The van der Waals surface area contributed by atoms with Crippen molar-refractivity contribution < 1.29 is 27.8 Å². The fourth-order valence-electron chi connectivity index (χ4n) is 2.62. The predicted molar refractivity (Wildman–Crippen MR) is 81.9 cm³/mol. The Balaban J connectivity index is 1.78. The summed E-state index contributed by atoms with van der Waals surface area (Å²) in [6, 6.07) is 7.01. The summed E-state index contributed by atoms with van der Waals surface area (Å²) in [6.07, 6.45) is -5.08. The first-order valence-corrected chi connectivity index (χ1v) is 7.70. The molecular weight excluding hydrogens is 325 g/mol. The molecule has 8 heteroatoms. The monoisotopic (exact) mass is 346 g/mol. The molecule has 0 aromatic heterocycles. The van der Waals surface area contributed by atoms with Crippen molar-refractivity contribution in [1.29, 1.82) is 0 Å². The Morgan fingerprint density at radius 3 is 2.62 bits per heavy atom. The molecular formula is C16H21F3N2O3. The largest absolute Gasteiger partial charge is 0.497 e. The Morgan fingerprint density at radius 2 is 2.04 bits per heavy atom. The van der Waals surface area contributed by atoms with Crippen LogP contribution < -0.4 is 10.1 Å². The van der Waals surface area contributed by atoms with Crippen LogP contribution in [-0.2, 0) is 6.42 Å². The summed E-state index contributed by atoms with van der Waals surface area (Å²) in [4.78, 5) is 13.3. The number of benzene rings is 1. The number of carbonyl (C=O) groups is 1. The van der Waals surface area contributed by atoms with Gasteiger partial charge in [0.25, 0.3) is 0 Å². The second kappa shape index (κ2) is 7.29. The van der Waals surface area contributed by atoms with Crippen molar-refractivity contribution in [2.75, 3.05) is 26.7 Å². The number of nitrogens with zero attached hydrogens (tertiary/aromatic N) is 1. The van der Waals surface area contributed by atoms with Gasteiger partial charge in [0.15, 0.2) is 5.60 Å². The number of carbonyl (C=O) groups excluding carboxylic acids is 1. The highest BCUT2D eigenvalue weighted by Gasteiger charge is 2.54. The minimum absolute atomic E-state index is 0.124. The van der Waals surface area contributed by atoms with Gasteiger partial charge in [0.2, 0.25) is 0 Å². The summed E-state index contributed by atoms with van der Waals surface area (Å²) in [6.45, 7) is 0.119. The van der Waals surface area contributed by atoms with Gasteiger partial charge in [0.05, 0.1) is 7.11 Å². The first kappa shape index (κ1) is 18.4. The lowest BCUT2D eigenvalue weighted by Gasteiger charge is -2.39. The molecule has 2 N–H and O–H groups in total. The van der Waals surface area contributed by atoms with E-state index in [4.69, 9.17) is 4.74 Å². The van der Waals surface area contributed by atoms with Gasteiger partial charge in [-0.3, -0.25) is 0 Å². The van der Waals surface area contributed by atoms with E-state index >= 15 is 0 Å². The van der Waals surface area contributed by atoms with Gasteiger partial charge in [-0.15, -0.1) is 0 Å². The van der Waals surface area contributed by atoms with Crippen molar-refractivity contribution in [2.24, 2.45) is 0 Å². The molecule has 0 radical (unpaired) electrons. The molecule has 0 aliphatic carbocycles. The number of halogens is 3. The Morgan fingerprint density at radius 1 is 1.38 bits per heavy atom. The van der Waals surface area contributed by atoms with E-state index in [-0.39, 0.29) is 13.1 Å². The summed E-state index contributed by atoms with van der Waals surface area (Å²) in [7, 11) is 1.57. The molecule has 1 aromatic rings. The van der Waals surface area contributed by atoms with E-state index in [2.05, 4.69) is 5.32 Å². The number of methoxy groups -OCH3 is 1. The van der Waals surface area contributed by atoms with Crippen molar-refractivity contribution in [3.63, 3.8) is 0 Å². The zero-order valence-corrected chi connectivity index (χ0v) is 13.4. The number of hydrogen-bond acceptors (Lipinski definition) is 3. The van der Waals surface area contributed by atoms with Crippen LogP contribution in [0.5, 0.6) is 5.75 Å². The fourth-order valence-corrected chi connectivity index (χ4v) is 2.62. The van der Waals surface area contributed by atoms with Gasteiger partial charge >= 0.3 is 12.2 Å². The molecule has 2 amide bonds. The van der Waals surface area contributed by atoms with E-state index in [9.17, 15) is 23.1 Å². The topological polar surface area (TPSA) is 61.8 Å². The molecule has 1 saturated heterocycles. The molecule has 1 aliphatic rings. The lowest BCUT2D eigenvalue weighted by atomic mass is 9.91. The molecule has 5 nitrogen and oxygen atoms in total. The Bertz CT molecular complexity index is 570. The Kier molecular flexibility index (Phi) is 5.58. The minimum atomic E-state index is -4.66. The average Bonchev–Trinajstić information content (AvgIpc) is 2.54. The summed E-state index contributed by atoms with van der Waals surface area (Å²) < 4.78 is 43.3. The zero-order valence-electron chi connectivity index (χ0n) is 13.4. The number of rotatable bonds is 4. The number of urea groups is 1. The molecule has 0 atom stereocenters. The van der Waals surface area contributed by atoms with Crippen molar-refractivity contribution >= 4 is 6.03 Å². The van der Waals surface area contributed by atoms with Crippen molar-refractivity contribution in [1.82, 2.24) is 10.2 Å². The first-order chi connectivity index (χ1) is 11.2. The summed E-state index contributed by atoms with van der Waals surface area (Å²) in [5.74, 6) is 0.723. The van der Waals surface area contributed by atoms with Gasteiger partial charge in [-0.25, -0.2) is 4.79 Å². The number of hydrogen-bond donors (Lipinski definition) is 2. The maximum atomic E-state index is 12.7. The standard InChI is InChI=1S/C16H21F3N2O3/c1-24-13-4-2-3-12(11-13)5-8-20-14(22)21-9-6-15(23,7-10-21)16(17,18)19/h2-4,11,23H,5-10H2,1H3,(H,20,22). The van der Waals surface area contributed by atoms with E-state index in [0.717, 1.165) is 11.3 Å². The van der Waals surface area contributed by atoms with Crippen LogP contribution in [0.15, 0.2) is 24.3 Å². The smallest absolute Gasteiger partial charge is 0.417 e. The predicted octanol–water partition coefficient (Wildman–Crippen LogP) is 2.34. The molecule has 1 aliphatic heterocycles.